The van der Waals surface area contributed by atoms with Crippen molar-refractivity contribution >= 4 is 11.9 Å². The van der Waals surface area contributed by atoms with Gasteiger partial charge in [-0.05, 0) is 6.92 Å². The van der Waals surface area contributed by atoms with Crippen molar-refractivity contribution in [1.29, 1.82) is 0 Å². The van der Waals surface area contributed by atoms with Crippen molar-refractivity contribution in [2.24, 2.45) is 5.73 Å². The molecule has 1 heterocycles. The third-order valence-electron chi connectivity index (χ3n) is 2.92. The minimum Gasteiger partial charge on any atom is -0.443 e. The molecule has 0 spiro atoms. The molecule has 1 unspecified atom stereocenters. The molecule has 5 heteroatoms. The second-order valence-electron chi connectivity index (χ2n) is 4.41. The first kappa shape index (κ1) is 12.6. The maximum Gasteiger partial charge on any atom is 0.410 e. The Labute approximate surface area is 106 Å². The first-order chi connectivity index (χ1) is 8.60. The van der Waals surface area contributed by atoms with E-state index in [1.54, 1.807) is 12.1 Å². The van der Waals surface area contributed by atoms with Gasteiger partial charge < -0.3 is 10.5 Å². The van der Waals surface area contributed by atoms with Gasteiger partial charge in [0.05, 0.1) is 13.1 Å². The Bertz CT molecular complexity index is 456. The van der Waals surface area contributed by atoms with E-state index in [9.17, 15) is 9.59 Å². The van der Waals surface area contributed by atoms with E-state index in [-0.39, 0.29) is 25.0 Å². The maximum absolute atomic E-state index is 12.0. The maximum atomic E-state index is 12.0. The first-order valence-corrected chi connectivity index (χ1v) is 5.85. The van der Waals surface area contributed by atoms with Crippen LogP contribution in [0.15, 0.2) is 24.3 Å². The van der Waals surface area contributed by atoms with Gasteiger partial charge in [-0.1, -0.05) is 29.8 Å². The molecule has 0 bridgehead atoms. The van der Waals surface area contributed by atoms with E-state index >= 15 is 0 Å². The molecule has 2 rings (SSSR count). The lowest BCUT2D eigenvalue weighted by Crippen LogP contribution is -2.32. The first-order valence-electron chi connectivity index (χ1n) is 5.85. The molecule has 1 aliphatic heterocycles. The predicted molar refractivity (Wildman–Crippen MR) is 66.4 cm³/mol. The van der Waals surface area contributed by atoms with Crippen molar-refractivity contribution < 1.29 is 14.3 Å². The fourth-order valence-corrected chi connectivity index (χ4v) is 1.83. The molecule has 18 heavy (non-hydrogen) atoms. The van der Waals surface area contributed by atoms with Gasteiger partial charge in [0.1, 0.15) is 6.10 Å². The number of Topliss-reactive ketones (excluding diaryl/α,β-unsaturated/α-hetero) is 1. The van der Waals surface area contributed by atoms with Crippen LogP contribution in [0.1, 0.15) is 15.9 Å². The van der Waals surface area contributed by atoms with E-state index in [0.717, 1.165) is 5.56 Å². The highest BCUT2D eigenvalue weighted by molar-refractivity contribution is 5.99. The average molecular weight is 248 g/mol. The monoisotopic (exact) mass is 248 g/mol. The fourth-order valence-electron chi connectivity index (χ4n) is 1.83. The summed E-state index contributed by atoms with van der Waals surface area (Å²) in [7, 11) is 0. The number of ether oxygens (including phenoxy) is 1. The summed E-state index contributed by atoms with van der Waals surface area (Å²) in [6, 6.07) is 7.27. The van der Waals surface area contributed by atoms with E-state index in [2.05, 4.69) is 0 Å². The Morgan fingerprint density at radius 3 is 2.67 bits per heavy atom. The second kappa shape index (κ2) is 5.18. The van der Waals surface area contributed by atoms with E-state index in [1.165, 1.54) is 4.90 Å². The number of rotatable bonds is 4. The second-order valence-corrected chi connectivity index (χ2v) is 4.41. The molecule has 1 aliphatic rings. The zero-order valence-electron chi connectivity index (χ0n) is 10.3. The largest absolute Gasteiger partial charge is 0.443 e. The van der Waals surface area contributed by atoms with Gasteiger partial charge >= 0.3 is 6.09 Å². The molecular weight excluding hydrogens is 232 g/mol. The van der Waals surface area contributed by atoms with Crippen LogP contribution < -0.4 is 5.73 Å². The molecule has 1 atom stereocenters. The van der Waals surface area contributed by atoms with Crippen molar-refractivity contribution in [2.45, 2.75) is 13.0 Å². The Hall–Kier alpha value is -1.88. The number of aryl methyl sites for hydroxylation is 1. The summed E-state index contributed by atoms with van der Waals surface area (Å²) in [5, 5.41) is 0. The summed E-state index contributed by atoms with van der Waals surface area (Å²) in [5.74, 6) is -0.0929. The number of benzene rings is 1. The Balaban J connectivity index is 1.99. The van der Waals surface area contributed by atoms with Gasteiger partial charge in [0.2, 0.25) is 0 Å². The molecule has 1 aromatic carbocycles. The Kier molecular flexibility index (Phi) is 3.62. The zero-order chi connectivity index (χ0) is 13.1. The lowest BCUT2D eigenvalue weighted by atomic mass is 10.1. The van der Waals surface area contributed by atoms with Gasteiger partial charge in [-0.3, -0.25) is 9.69 Å². The zero-order valence-corrected chi connectivity index (χ0v) is 10.3. The van der Waals surface area contributed by atoms with Gasteiger partial charge in [0.25, 0.3) is 0 Å². The highest BCUT2D eigenvalue weighted by Gasteiger charge is 2.31. The van der Waals surface area contributed by atoms with Crippen LogP contribution in [-0.2, 0) is 4.74 Å². The summed E-state index contributed by atoms with van der Waals surface area (Å²) < 4.78 is 4.99. The Morgan fingerprint density at radius 1 is 1.44 bits per heavy atom. The van der Waals surface area contributed by atoms with Gasteiger partial charge in [0.15, 0.2) is 5.78 Å². The van der Waals surface area contributed by atoms with Crippen LogP contribution >= 0.6 is 0 Å². The van der Waals surface area contributed by atoms with E-state index in [0.29, 0.717) is 12.1 Å². The van der Waals surface area contributed by atoms with Gasteiger partial charge in [-0.2, -0.15) is 0 Å². The van der Waals surface area contributed by atoms with E-state index in [1.807, 2.05) is 19.1 Å². The van der Waals surface area contributed by atoms with Crippen LogP contribution in [0.3, 0.4) is 0 Å². The lowest BCUT2D eigenvalue weighted by Gasteiger charge is -2.11. The smallest absolute Gasteiger partial charge is 0.410 e. The van der Waals surface area contributed by atoms with Crippen molar-refractivity contribution in [3.05, 3.63) is 35.4 Å². The summed E-state index contributed by atoms with van der Waals surface area (Å²) in [6.45, 7) is 2.66. The van der Waals surface area contributed by atoms with Crippen molar-refractivity contribution in [3.8, 4) is 0 Å². The number of nitrogens with zero attached hydrogens (tertiary/aromatic N) is 1. The number of carbonyl (C=O) groups is 2. The number of hydrogen-bond donors (Lipinski definition) is 1. The molecule has 96 valence electrons. The summed E-state index contributed by atoms with van der Waals surface area (Å²) >= 11 is 0. The molecule has 1 saturated heterocycles. The number of hydrogen-bond acceptors (Lipinski definition) is 4. The molecule has 1 fully saturated rings. The minimum atomic E-state index is -0.467. The molecule has 1 aromatic rings. The van der Waals surface area contributed by atoms with Gasteiger partial charge in [-0.25, -0.2) is 4.79 Å². The highest BCUT2D eigenvalue weighted by atomic mass is 16.6. The molecule has 0 radical (unpaired) electrons. The topological polar surface area (TPSA) is 72.6 Å². The lowest BCUT2D eigenvalue weighted by molar-refractivity contribution is 0.0941. The Morgan fingerprint density at radius 2 is 2.11 bits per heavy atom. The number of nitrogens with two attached hydrogens (primary N) is 1. The average Bonchev–Trinajstić information content (AvgIpc) is 2.71. The van der Waals surface area contributed by atoms with Crippen LogP contribution in [0.4, 0.5) is 4.79 Å². The number of amides is 1. The standard InChI is InChI=1S/C13H16N2O3/c1-9-2-4-10(5-3-9)12(16)8-15-7-11(6-14)18-13(15)17/h2-5,11H,6-8,14H2,1H3. The third kappa shape index (κ3) is 2.68. The van der Waals surface area contributed by atoms with Gasteiger partial charge in [0, 0.05) is 12.1 Å². The van der Waals surface area contributed by atoms with E-state index in [4.69, 9.17) is 10.5 Å². The fraction of sp³-hybridized carbons (Fsp3) is 0.385. The SMILES string of the molecule is Cc1ccc(C(=O)CN2CC(CN)OC2=O)cc1. The molecule has 2 N–H and O–H groups in total. The summed E-state index contributed by atoms with van der Waals surface area (Å²) in [4.78, 5) is 24.8. The van der Waals surface area contributed by atoms with Crippen molar-refractivity contribution in [3.63, 3.8) is 0 Å². The van der Waals surface area contributed by atoms with Crippen LogP contribution in [0.2, 0.25) is 0 Å². The number of cyclic esters (lactones) is 1. The molecule has 0 saturated carbocycles. The molecule has 1 amide bonds. The van der Waals surface area contributed by atoms with E-state index < -0.39 is 6.09 Å². The quantitative estimate of drug-likeness (QED) is 0.805. The minimum absolute atomic E-state index is 0.0401. The summed E-state index contributed by atoms with van der Waals surface area (Å²) in [6.07, 6.45) is -0.769. The van der Waals surface area contributed by atoms with Crippen LogP contribution in [0.5, 0.6) is 0 Å². The normalized spacial score (nSPS) is 18.9. The molecular formula is C13H16N2O3. The third-order valence-corrected chi connectivity index (χ3v) is 2.92. The van der Waals surface area contributed by atoms with Crippen LogP contribution in [-0.4, -0.2) is 42.5 Å². The van der Waals surface area contributed by atoms with Crippen LogP contribution in [0, 0.1) is 6.92 Å². The summed E-state index contributed by atoms with van der Waals surface area (Å²) in [5.41, 5.74) is 7.12. The van der Waals surface area contributed by atoms with Crippen LogP contribution in [0.25, 0.3) is 0 Å². The number of ketones is 1. The van der Waals surface area contributed by atoms with Crippen molar-refractivity contribution in [2.75, 3.05) is 19.6 Å². The predicted octanol–water partition coefficient (Wildman–Crippen LogP) is 0.957. The highest BCUT2D eigenvalue weighted by Crippen LogP contribution is 2.12. The molecule has 0 aliphatic carbocycles. The molecule has 5 nitrogen and oxygen atoms in total. The van der Waals surface area contributed by atoms with Crippen molar-refractivity contribution in [1.82, 2.24) is 4.90 Å². The number of carbonyl (C=O) groups excluding carboxylic acids is 2. The molecule has 0 aromatic heterocycles. The van der Waals surface area contributed by atoms with Gasteiger partial charge in [-0.15, -0.1) is 0 Å².